The predicted molar refractivity (Wildman–Crippen MR) is 67.9 cm³/mol. The maximum atomic E-state index is 11.4. The molecule has 17 heavy (non-hydrogen) atoms. The van der Waals surface area contributed by atoms with Gasteiger partial charge in [0, 0.05) is 12.0 Å². The lowest BCUT2D eigenvalue weighted by Gasteiger charge is -2.08. The third-order valence-corrected chi connectivity index (χ3v) is 3.33. The van der Waals surface area contributed by atoms with Crippen molar-refractivity contribution in [3.63, 3.8) is 0 Å². The Kier molecular flexibility index (Phi) is 2.33. The van der Waals surface area contributed by atoms with Crippen molar-refractivity contribution in [2.45, 2.75) is 19.4 Å². The second-order valence-electron chi connectivity index (χ2n) is 4.36. The molecule has 0 saturated carbocycles. The third kappa shape index (κ3) is 1.60. The highest BCUT2D eigenvalue weighted by molar-refractivity contribution is 6.68. The summed E-state index contributed by atoms with van der Waals surface area (Å²) in [7, 11) is 0. The van der Waals surface area contributed by atoms with E-state index in [4.69, 9.17) is 16.3 Å². The predicted octanol–water partition coefficient (Wildman–Crippen LogP) is 3.54. The summed E-state index contributed by atoms with van der Waals surface area (Å²) in [5, 5.41) is 1.72. The first-order chi connectivity index (χ1) is 8.16. The van der Waals surface area contributed by atoms with E-state index < -0.39 is 5.24 Å². The number of halogens is 1. The minimum absolute atomic E-state index is 0.102. The van der Waals surface area contributed by atoms with E-state index in [2.05, 4.69) is 6.07 Å². The van der Waals surface area contributed by atoms with E-state index in [0.717, 1.165) is 22.8 Å². The molecule has 0 amide bonds. The molecule has 2 nitrogen and oxygen atoms in total. The Bertz CT molecular complexity index is 619. The van der Waals surface area contributed by atoms with E-state index >= 15 is 0 Å². The molecule has 1 aliphatic rings. The number of ether oxygens (including phenoxy) is 1. The average Bonchev–Trinajstić information content (AvgIpc) is 2.69. The zero-order valence-corrected chi connectivity index (χ0v) is 10.1. The van der Waals surface area contributed by atoms with Gasteiger partial charge in [0.05, 0.1) is 5.56 Å². The summed E-state index contributed by atoms with van der Waals surface area (Å²) in [5.41, 5.74) is 1.57. The molecular weight excluding hydrogens is 236 g/mol. The van der Waals surface area contributed by atoms with Crippen molar-refractivity contribution in [1.29, 1.82) is 0 Å². The Labute approximate surface area is 104 Å². The summed E-state index contributed by atoms with van der Waals surface area (Å²) in [4.78, 5) is 11.4. The molecule has 0 bridgehead atoms. The minimum Gasteiger partial charge on any atom is -0.489 e. The molecule has 3 heteroatoms. The maximum absolute atomic E-state index is 11.4. The third-order valence-electron chi connectivity index (χ3n) is 3.13. The number of hydrogen-bond donors (Lipinski definition) is 0. The highest BCUT2D eigenvalue weighted by Crippen LogP contribution is 2.39. The lowest BCUT2D eigenvalue weighted by Crippen LogP contribution is -2.06. The Morgan fingerprint density at radius 3 is 2.94 bits per heavy atom. The van der Waals surface area contributed by atoms with Crippen molar-refractivity contribution in [3.05, 3.63) is 41.5 Å². The number of hydrogen-bond acceptors (Lipinski definition) is 2. The largest absolute Gasteiger partial charge is 0.489 e. The molecule has 0 spiro atoms. The molecule has 0 aliphatic carbocycles. The molecule has 0 radical (unpaired) electrons. The fourth-order valence-electron chi connectivity index (χ4n) is 2.42. The molecule has 1 heterocycles. The van der Waals surface area contributed by atoms with Crippen LogP contribution in [0.4, 0.5) is 0 Å². The van der Waals surface area contributed by atoms with Gasteiger partial charge in [0.15, 0.2) is 0 Å². The van der Waals surface area contributed by atoms with Gasteiger partial charge in [-0.2, -0.15) is 0 Å². The summed E-state index contributed by atoms with van der Waals surface area (Å²) < 4.78 is 5.70. The smallest absolute Gasteiger partial charge is 0.256 e. The Morgan fingerprint density at radius 2 is 2.18 bits per heavy atom. The van der Waals surface area contributed by atoms with Crippen LogP contribution in [0.25, 0.3) is 10.8 Å². The van der Waals surface area contributed by atoms with Crippen LogP contribution in [0.1, 0.15) is 22.8 Å². The Morgan fingerprint density at radius 1 is 1.41 bits per heavy atom. The van der Waals surface area contributed by atoms with E-state index in [0.29, 0.717) is 11.3 Å². The summed E-state index contributed by atoms with van der Waals surface area (Å²) in [6, 6.07) is 9.80. The van der Waals surface area contributed by atoms with Gasteiger partial charge in [-0.1, -0.05) is 24.3 Å². The second kappa shape index (κ2) is 3.74. The molecule has 3 rings (SSSR count). The van der Waals surface area contributed by atoms with Gasteiger partial charge in [0.1, 0.15) is 11.9 Å². The first-order valence-electron chi connectivity index (χ1n) is 5.58. The molecule has 2 aromatic rings. The van der Waals surface area contributed by atoms with Crippen molar-refractivity contribution < 1.29 is 9.53 Å². The summed E-state index contributed by atoms with van der Waals surface area (Å²) in [6.07, 6.45) is 0.930. The zero-order chi connectivity index (χ0) is 12.0. The maximum Gasteiger partial charge on any atom is 0.256 e. The van der Waals surface area contributed by atoms with Crippen LogP contribution in [0, 0.1) is 0 Å². The molecule has 0 N–H and O–H groups in total. The van der Waals surface area contributed by atoms with Crippen LogP contribution in [0.15, 0.2) is 30.3 Å². The Balaban J connectivity index is 2.38. The number of benzene rings is 2. The minimum atomic E-state index is -0.457. The van der Waals surface area contributed by atoms with Gasteiger partial charge in [-0.05, 0) is 35.4 Å². The van der Waals surface area contributed by atoms with Crippen LogP contribution in [0.3, 0.4) is 0 Å². The van der Waals surface area contributed by atoms with Crippen LogP contribution in [0.2, 0.25) is 0 Å². The normalized spacial score (nSPS) is 17.9. The van der Waals surface area contributed by atoms with Gasteiger partial charge in [0.25, 0.3) is 5.24 Å². The second-order valence-corrected chi connectivity index (χ2v) is 4.70. The molecular formula is C14H11ClO2. The van der Waals surface area contributed by atoms with Gasteiger partial charge in [-0.15, -0.1) is 0 Å². The molecule has 0 aromatic heterocycles. The molecule has 0 fully saturated rings. The van der Waals surface area contributed by atoms with Crippen molar-refractivity contribution in [1.82, 2.24) is 0 Å². The summed E-state index contributed by atoms with van der Waals surface area (Å²) >= 11 is 5.62. The first-order valence-corrected chi connectivity index (χ1v) is 5.95. The summed E-state index contributed by atoms with van der Waals surface area (Å²) in [6.45, 7) is 2.00. The molecule has 86 valence electrons. The van der Waals surface area contributed by atoms with Gasteiger partial charge >= 0.3 is 0 Å². The standard InChI is InChI=1S/C14H11ClO2/c1-8-6-11-10-5-3-2-4-9(10)7-12(14(15)16)13(11)17-8/h2-5,7-8H,6H2,1H3. The van der Waals surface area contributed by atoms with Gasteiger partial charge in [-0.25, -0.2) is 0 Å². The van der Waals surface area contributed by atoms with Gasteiger partial charge in [-0.3, -0.25) is 4.79 Å². The Hall–Kier alpha value is -1.54. The van der Waals surface area contributed by atoms with Crippen LogP contribution in [0.5, 0.6) is 5.75 Å². The zero-order valence-electron chi connectivity index (χ0n) is 9.37. The van der Waals surface area contributed by atoms with E-state index in [-0.39, 0.29) is 6.10 Å². The molecule has 1 aliphatic heterocycles. The first kappa shape index (κ1) is 10.6. The highest BCUT2D eigenvalue weighted by atomic mass is 35.5. The average molecular weight is 247 g/mol. The number of carbonyl (C=O) groups excluding carboxylic acids is 1. The van der Waals surface area contributed by atoms with Crippen molar-refractivity contribution >= 4 is 27.6 Å². The lowest BCUT2D eigenvalue weighted by molar-refractivity contribution is 0.107. The SMILES string of the molecule is CC1Cc2c(c(C(=O)Cl)cc3ccccc23)O1. The van der Waals surface area contributed by atoms with Gasteiger partial charge in [0.2, 0.25) is 0 Å². The molecule has 1 unspecified atom stereocenters. The number of carbonyl (C=O) groups is 1. The van der Waals surface area contributed by atoms with Crippen LogP contribution < -0.4 is 4.74 Å². The number of rotatable bonds is 1. The topological polar surface area (TPSA) is 26.3 Å². The summed E-state index contributed by atoms with van der Waals surface area (Å²) in [5.74, 6) is 0.663. The lowest BCUT2D eigenvalue weighted by atomic mass is 9.98. The van der Waals surface area contributed by atoms with Crippen molar-refractivity contribution in [3.8, 4) is 5.75 Å². The molecule has 0 saturated heterocycles. The van der Waals surface area contributed by atoms with E-state index in [1.165, 1.54) is 0 Å². The number of fused-ring (bicyclic) bond motifs is 3. The van der Waals surface area contributed by atoms with E-state index in [1.54, 1.807) is 0 Å². The van der Waals surface area contributed by atoms with Crippen molar-refractivity contribution in [2.75, 3.05) is 0 Å². The molecule has 1 atom stereocenters. The fourth-order valence-corrected chi connectivity index (χ4v) is 2.56. The van der Waals surface area contributed by atoms with Crippen LogP contribution in [-0.2, 0) is 6.42 Å². The van der Waals surface area contributed by atoms with E-state index in [9.17, 15) is 4.79 Å². The fraction of sp³-hybridized carbons (Fsp3) is 0.214. The van der Waals surface area contributed by atoms with Crippen LogP contribution in [-0.4, -0.2) is 11.3 Å². The quantitative estimate of drug-likeness (QED) is 0.720. The van der Waals surface area contributed by atoms with Gasteiger partial charge < -0.3 is 4.74 Å². The van der Waals surface area contributed by atoms with E-state index in [1.807, 2.05) is 31.2 Å². The molecule has 2 aromatic carbocycles. The monoisotopic (exact) mass is 246 g/mol. The highest BCUT2D eigenvalue weighted by Gasteiger charge is 2.26. The van der Waals surface area contributed by atoms with Crippen molar-refractivity contribution in [2.24, 2.45) is 0 Å². The van der Waals surface area contributed by atoms with Crippen LogP contribution >= 0.6 is 11.6 Å².